The van der Waals surface area contributed by atoms with E-state index in [1.807, 2.05) is 0 Å². The van der Waals surface area contributed by atoms with Gasteiger partial charge in [0.15, 0.2) is 0 Å². The molecule has 0 bridgehead atoms. The standard InChI is InChI=1S/C11H15NO2/c1-2-3-11(14)12-6-8-4-5-10(13)9(8)7-12/h1,8-10,13H,3-7H2. The van der Waals surface area contributed by atoms with Crippen molar-refractivity contribution in [3.63, 3.8) is 0 Å². The molecule has 1 saturated carbocycles. The summed E-state index contributed by atoms with van der Waals surface area (Å²) in [6.45, 7) is 1.49. The highest BCUT2D eigenvalue weighted by atomic mass is 16.3. The minimum absolute atomic E-state index is 0.0362. The molecule has 0 spiro atoms. The number of aliphatic hydroxyl groups is 1. The monoisotopic (exact) mass is 193 g/mol. The third kappa shape index (κ3) is 1.51. The quantitative estimate of drug-likeness (QED) is 0.606. The molecule has 0 aromatic rings. The fraction of sp³-hybridized carbons (Fsp3) is 0.727. The number of nitrogens with zero attached hydrogens (tertiary/aromatic N) is 1. The van der Waals surface area contributed by atoms with Crippen molar-refractivity contribution >= 4 is 5.91 Å². The minimum atomic E-state index is -0.205. The largest absolute Gasteiger partial charge is 0.393 e. The van der Waals surface area contributed by atoms with Gasteiger partial charge in [0.2, 0.25) is 5.91 Å². The summed E-state index contributed by atoms with van der Waals surface area (Å²) in [6.07, 6.45) is 7.02. The summed E-state index contributed by atoms with van der Waals surface area (Å²) in [7, 11) is 0. The third-order valence-electron chi connectivity index (χ3n) is 3.43. The highest BCUT2D eigenvalue weighted by Crippen LogP contribution is 2.38. The predicted molar refractivity (Wildman–Crippen MR) is 52.3 cm³/mol. The molecule has 2 aliphatic rings. The summed E-state index contributed by atoms with van der Waals surface area (Å²) >= 11 is 0. The van der Waals surface area contributed by atoms with Crippen molar-refractivity contribution in [1.29, 1.82) is 0 Å². The van der Waals surface area contributed by atoms with E-state index in [2.05, 4.69) is 5.92 Å². The molecule has 0 aromatic heterocycles. The van der Waals surface area contributed by atoms with Gasteiger partial charge in [-0.2, -0.15) is 0 Å². The second-order valence-corrected chi connectivity index (χ2v) is 4.25. The van der Waals surface area contributed by atoms with Crippen LogP contribution in [0.1, 0.15) is 19.3 Å². The lowest BCUT2D eigenvalue weighted by atomic mass is 10.00. The number of rotatable bonds is 1. The van der Waals surface area contributed by atoms with Crippen LogP contribution in [0, 0.1) is 24.2 Å². The van der Waals surface area contributed by atoms with Gasteiger partial charge in [-0.15, -0.1) is 6.42 Å². The molecule has 0 radical (unpaired) electrons. The van der Waals surface area contributed by atoms with Crippen molar-refractivity contribution in [2.75, 3.05) is 13.1 Å². The van der Waals surface area contributed by atoms with Crippen LogP contribution < -0.4 is 0 Å². The number of hydrogen-bond donors (Lipinski definition) is 1. The van der Waals surface area contributed by atoms with E-state index in [0.29, 0.717) is 18.4 Å². The zero-order valence-corrected chi connectivity index (χ0v) is 8.15. The smallest absolute Gasteiger partial charge is 0.234 e. The van der Waals surface area contributed by atoms with Gasteiger partial charge < -0.3 is 10.0 Å². The summed E-state index contributed by atoms with van der Waals surface area (Å²) in [6, 6.07) is 0. The van der Waals surface area contributed by atoms with Crippen LogP contribution in [0.4, 0.5) is 0 Å². The van der Waals surface area contributed by atoms with Crippen LogP contribution in [0.15, 0.2) is 0 Å². The van der Waals surface area contributed by atoms with Crippen molar-refractivity contribution < 1.29 is 9.90 Å². The molecule has 0 aromatic carbocycles. The number of aliphatic hydroxyl groups excluding tert-OH is 1. The summed E-state index contributed by atoms with van der Waals surface area (Å²) in [4.78, 5) is 13.3. The van der Waals surface area contributed by atoms with Crippen molar-refractivity contribution in [3.8, 4) is 12.3 Å². The summed E-state index contributed by atoms with van der Waals surface area (Å²) in [5.74, 6) is 3.21. The maximum absolute atomic E-state index is 11.5. The van der Waals surface area contributed by atoms with Crippen molar-refractivity contribution in [1.82, 2.24) is 4.90 Å². The first kappa shape index (κ1) is 9.54. The molecular formula is C11H15NO2. The van der Waals surface area contributed by atoms with E-state index in [1.54, 1.807) is 4.90 Å². The molecule has 3 nitrogen and oxygen atoms in total. The molecular weight excluding hydrogens is 178 g/mol. The fourth-order valence-corrected chi connectivity index (χ4v) is 2.64. The van der Waals surface area contributed by atoms with Crippen LogP contribution in [0.2, 0.25) is 0 Å². The lowest BCUT2D eigenvalue weighted by Gasteiger charge is -2.17. The molecule has 1 aliphatic carbocycles. The number of fused-ring (bicyclic) bond motifs is 1. The van der Waals surface area contributed by atoms with Gasteiger partial charge in [-0.3, -0.25) is 4.79 Å². The maximum atomic E-state index is 11.5. The lowest BCUT2D eigenvalue weighted by Crippen LogP contribution is -2.30. The fourth-order valence-electron chi connectivity index (χ4n) is 2.64. The lowest BCUT2D eigenvalue weighted by molar-refractivity contribution is -0.129. The number of likely N-dealkylation sites (tertiary alicyclic amines) is 1. The van der Waals surface area contributed by atoms with E-state index < -0.39 is 0 Å². The Morgan fingerprint density at radius 1 is 1.50 bits per heavy atom. The van der Waals surface area contributed by atoms with Crippen LogP contribution in [0.25, 0.3) is 0 Å². The average Bonchev–Trinajstić information content (AvgIpc) is 2.69. The topological polar surface area (TPSA) is 40.5 Å². The number of carbonyl (C=O) groups is 1. The van der Waals surface area contributed by atoms with Crippen molar-refractivity contribution in [2.45, 2.75) is 25.4 Å². The Morgan fingerprint density at radius 3 is 2.93 bits per heavy atom. The first-order valence-corrected chi connectivity index (χ1v) is 5.11. The molecule has 14 heavy (non-hydrogen) atoms. The van der Waals surface area contributed by atoms with E-state index in [0.717, 1.165) is 19.4 Å². The van der Waals surface area contributed by atoms with E-state index in [-0.39, 0.29) is 18.4 Å². The molecule has 76 valence electrons. The zero-order valence-electron chi connectivity index (χ0n) is 8.15. The van der Waals surface area contributed by atoms with Crippen LogP contribution in [0.3, 0.4) is 0 Å². The Kier molecular flexibility index (Phi) is 2.47. The van der Waals surface area contributed by atoms with E-state index >= 15 is 0 Å². The molecule has 1 aliphatic heterocycles. The van der Waals surface area contributed by atoms with Crippen molar-refractivity contribution in [3.05, 3.63) is 0 Å². The van der Waals surface area contributed by atoms with Crippen LogP contribution >= 0.6 is 0 Å². The van der Waals surface area contributed by atoms with Gasteiger partial charge in [-0.1, -0.05) is 5.92 Å². The minimum Gasteiger partial charge on any atom is -0.393 e. The molecule has 2 rings (SSSR count). The Balaban J connectivity index is 1.96. The molecule has 1 heterocycles. The van der Waals surface area contributed by atoms with Gasteiger partial charge in [0.05, 0.1) is 12.5 Å². The summed E-state index contributed by atoms with van der Waals surface area (Å²) in [5.41, 5.74) is 0. The third-order valence-corrected chi connectivity index (χ3v) is 3.43. The Labute approximate surface area is 84.1 Å². The van der Waals surface area contributed by atoms with Gasteiger partial charge >= 0.3 is 0 Å². The number of hydrogen-bond acceptors (Lipinski definition) is 2. The molecule has 1 saturated heterocycles. The van der Waals surface area contributed by atoms with Gasteiger partial charge in [-0.25, -0.2) is 0 Å². The zero-order chi connectivity index (χ0) is 10.1. The predicted octanol–water partition coefficient (Wildman–Crippen LogP) is 0.239. The molecule has 2 fully saturated rings. The molecule has 1 N–H and O–H groups in total. The van der Waals surface area contributed by atoms with Crippen LogP contribution in [-0.2, 0) is 4.79 Å². The van der Waals surface area contributed by atoms with E-state index in [1.165, 1.54) is 0 Å². The van der Waals surface area contributed by atoms with Gasteiger partial charge in [-0.05, 0) is 18.8 Å². The summed E-state index contributed by atoms with van der Waals surface area (Å²) < 4.78 is 0. The molecule has 3 atom stereocenters. The highest BCUT2D eigenvalue weighted by Gasteiger charge is 2.42. The van der Waals surface area contributed by atoms with Crippen molar-refractivity contribution in [2.24, 2.45) is 11.8 Å². The Hall–Kier alpha value is -1.01. The second kappa shape index (κ2) is 3.62. The number of carbonyl (C=O) groups excluding carboxylic acids is 1. The van der Waals surface area contributed by atoms with Gasteiger partial charge in [0, 0.05) is 19.0 Å². The average molecular weight is 193 g/mol. The van der Waals surface area contributed by atoms with Gasteiger partial charge in [0.25, 0.3) is 0 Å². The Bertz CT molecular complexity index is 282. The van der Waals surface area contributed by atoms with E-state index in [4.69, 9.17) is 6.42 Å². The highest BCUT2D eigenvalue weighted by molar-refractivity contribution is 5.78. The van der Waals surface area contributed by atoms with Crippen LogP contribution in [0.5, 0.6) is 0 Å². The van der Waals surface area contributed by atoms with Crippen LogP contribution in [-0.4, -0.2) is 35.1 Å². The summed E-state index contributed by atoms with van der Waals surface area (Å²) in [5, 5.41) is 9.65. The number of terminal acetylenes is 1. The molecule has 3 heteroatoms. The Morgan fingerprint density at radius 2 is 2.29 bits per heavy atom. The normalized spacial score (nSPS) is 35.4. The molecule has 3 unspecified atom stereocenters. The first-order chi connectivity index (χ1) is 6.72. The maximum Gasteiger partial charge on any atom is 0.234 e. The second-order valence-electron chi connectivity index (χ2n) is 4.25. The SMILES string of the molecule is C#CCC(=O)N1CC2CCC(O)C2C1. The van der Waals surface area contributed by atoms with Gasteiger partial charge in [0.1, 0.15) is 0 Å². The first-order valence-electron chi connectivity index (χ1n) is 5.11. The number of amides is 1. The molecule has 1 amide bonds. The van der Waals surface area contributed by atoms with E-state index in [9.17, 15) is 9.90 Å².